The highest BCUT2D eigenvalue weighted by Gasteiger charge is 2.29. The molecule has 0 saturated heterocycles. The molecular weight excluding hydrogens is 456 g/mol. The largest absolute Gasteiger partial charge is 0.235 e. The van der Waals surface area contributed by atoms with Crippen molar-refractivity contribution in [3.05, 3.63) is 87.7 Å². The lowest BCUT2D eigenvalue weighted by Gasteiger charge is -2.16. The van der Waals surface area contributed by atoms with E-state index in [-0.39, 0.29) is 25.0 Å². The summed E-state index contributed by atoms with van der Waals surface area (Å²) in [6, 6.07) is 16.5. The van der Waals surface area contributed by atoms with E-state index in [1.54, 1.807) is 24.3 Å². The van der Waals surface area contributed by atoms with E-state index in [2.05, 4.69) is 4.98 Å². The van der Waals surface area contributed by atoms with Gasteiger partial charge in [-0.25, -0.2) is 17.8 Å². The van der Waals surface area contributed by atoms with Gasteiger partial charge in [0.25, 0.3) is 0 Å². The molecule has 0 bridgehead atoms. The summed E-state index contributed by atoms with van der Waals surface area (Å²) in [5.74, 6) is -0.441. The molecule has 0 aliphatic carbocycles. The van der Waals surface area contributed by atoms with Gasteiger partial charge in [0, 0.05) is 21.0 Å². The van der Waals surface area contributed by atoms with Gasteiger partial charge in [0.1, 0.15) is 15.9 Å². The Balaban J connectivity index is 2.13. The molecule has 3 nitrogen and oxygen atoms in total. The zero-order chi connectivity index (χ0) is 20.8. The van der Waals surface area contributed by atoms with Crippen molar-refractivity contribution in [2.75, 3.05) is 0 Å². The molecule has 3 aromatic carbocycles. The van der Waals surface area contributed by atoms with Crippen LogP contribution in [0.1, 0.15) is 0 Å². The van der Waals surface area contributed by atoms with Crippen LogP contribution in [0.4, 0.5) is 4.39 Å². The van der Waals surface area contributed by atoms with Crippen LogP contribution in [0.25, 0.3) is 22.0 Å². The monoisotopic (exact) mass is 465 g/mol. The summed E-state index contributed by atoms with van der Waals surface area (Å²) in [5, 5.41) is 0.711. The van der Waals surface area contributed by atoms with Crippen LogP contribution in [0.15, 0.2) is 76.5 Å². The van der Waals surface area contributed by atoms with Crippen molar-refractivity contribution in [2.45, 2.75) is 9.79 Å². The first-order valence-corrected chi connectivity index (χ1v) is 10.9. The van der Waals surface area contributed by atoms with Gasteiger partial charge in [-0.05, 0) is 42.0 Å². The van der Waals surface area contributed by atoms with Gasteiger partial charge in [0.15, 0.2) is 0 Å². The summed E-state index contributed by atoms with van der Waals surface area (Å²) in [4.78, 5) is 3.96. The molecule has 1 heterocycles. The number of sulfone groups is 1. The van der Waals surface area contributed by atoms with Gasteiger partial charge in [-0.3, -0.25) is 0 Å². The molecule has 0 aliphatic heterocycles. The van der Waals surface area contributed by atoms with Crippen molar-refractivity contribution in [3.8, 4) is 11.1 Å². The summed E-state index contributed by atoms with van der Waals surface area (Å²) in [7, 11) is -4.15. The van der Waals surface area contributed by atoms with Crippen molar-refractivity contribution in [1.82, 2.24) is 4.98 Å². The van der Waals surface area contributed by atoms with Crippen molar-refractivity contribution in [2.24, 2.45) is 0 Å². The Morgan fingerprint density at radius 1 is 0.828 bits per heavy atom. The van der Waals surface area contributed by atoms with E-state index >= 15 is 0 Å². The van der Waals surface area contributed by atoms with E-state index in [0.29, 0.717) is 22.0 Å². The van der Waals surface area contributed by atoms with Gasteiger partial charge >= 0.3 is 0 Å². The van der Waals surface area contributed by atoms with E-state index in [4.69, 9.17) is 34.8 Å². The third-order valence-electron chi connectivity index (χ3n) is 4.35. The number of hydrogen-bond donors (Lipinski definition) is 0. The molecular formula is C21H11Cl3FNO2S. The molecule has 0 fully saturated rings. The highest BCUT2D eigenvalue weighted by Crippen LogP contribution is 2.41. The predicted octanol–water partition coefficient (Wildman–Crippen LogP) is 6.83. The van der Waals surface area contributed by atoms with Crippen LogP contribution in [0, 0.1) is 5.82 Å². The van der Waals surface area contributed by atoms with Crippen molar-refractivity contribution in [3.63, 3.8) is 0 Å². The molecule has 0 radical (unpaired) electrons. The summed E-state index contributed by atoms with van der Waals surface area (Å²) in [6.07, 6.45) is 0. The zero-order valence-corrected chi connectivity index (χ0v) is 17.6. The van der Waals surface area contributed by atoms with E-state index in [9.17, 15) is 12.8 Å². The van der Waals surface area contributed by atoms with Crippen LogP contribution in [-0.4, -0.2) is 13.4 Å². The third kappa shape index (κ3) is 3.71. The molecule has 1 aromatic heterocycles. The van der Waals surface area contributed by atoms with E-state index < -0.39 is 15.7 Å². The Bertz CT molecular complexity index is 1340. The summed E-state index contributed by atoms with van der Waals surface area (Å²) >= 11 is 18.4. The number of aromatic nitrogens is 1. The highest BCUT2D eigenvalue weighted by molar-refractivity contribution is 7.91. The summed E-state index contributed by atoms with van der Waals surface area (Å²) in [6.45, 7) is 0. The highest BCUT2D eigenvalue weighted by atomic mass is 35.5. The first kappa shape index (κ1) is 20.1. The minimum atomic E-state index is -4.15. The van der Waals surface area contributed by atoms with Crippen LogP contribution in [-0.2, 0) is 9.84 Å². The maximum atomic E-state index is 13.5. The number of rotatable bonds is 3. The smallest absolute Gasteiger partial charge is 0.210 e. The fourth-order valence-corrected chi connectivity index (χ4v) is 5.82. The lowest BCUT2D eigenvalue weighted by Crippen LogP contribution is -2.07. The van der Waals surface area contributed by atoms with E-state index in [1.807, 2.05) is 0 Å². The van der Waals surface area contributed by atoms with Crippen LogP contribution in [0.2, 0.25) is 15.2 Å². The number of halogens is 4. The van der Waals surface area contributed by atoms with Crippen LogP contribution in [0.5, 0.6) is 0 Å². The SMILES string of the molecule is O=S(=O)(c1cc(Cl)cc(Cl)c1)c1c(Cl)nc2ccccc2c1-c1ccc(F)cc1. The van der Waals surface area contributed by atoms with Gasteiger partial charge < -0.3 is 0 Å². The molecule has 0 saturated carbocycles. The second kappa shape index (κ2) is 7.58. The Labute approximate surface area is 181 Å². The lowest BCUT2D eigenvalue weighted by atomic mass is 10.0. The normalized spacial score (nSPS) is 11.7. The van der Waals surface area contributed by atoms with Crippen molar-refractivity contribution >= 4 is 55.5 Å². The summed E-state index contributed by atoms with van der Waals surface area (Å²) in [5.41, 5.74) is 1.33. The van der Waals surface area contributed by atoms with Crippen LogP contribution >= 0.6 is 34.8 Å². The number of para-hydroxylation sites is 1. The first-order valence-electron chi connectivity index (χ1n) is 8.33. The van der Waals surface area contributed by atoms with Crippen molar-refractivity contribution in [1.29, 1.82) is 0 Å². The molecule has 0 aliphatic rings. The molecule has 146 valence electrons. The first-order chi connectivity index (χ1) is 13.8. The quantitative estimate of drug-likeness (QED) is 0.311. The van der Waals surface area contributed by atoms with Crippen molar-refractivity contribution < 1.29 is 12.8 Å². The Morgan fingerprint density at radius 2 is 1.45 bits per heavy atom. The maximum Gasteiger partial charge on any atom is 0.210 e. The summed E-state index contributed by atoms with van der Waals surface area (Å²) < 4.78 is 40.6. The topological polar surface area (TPSA) is 47.0 Å². The average molecular weight is 467 g/mol. The second-order valence-electron chi connectivity index (χ2n) is 6.24. The maximum absolute atomic E-state index is 13.5. The number of pyridine rings is 1. The van der Waals surface area contributed by atoms with Gasteiger partial charge in [0.2, 0.25) is 9.84 Å². The molecule has 8 heteroatoms. The molecule has 0 spiro atoms. The number of hydrogen-bond acceptors (Lipinski definition) is 3. The zero-order valence-electron chi connectivity index (χ0n) is 14.5. The molecule has 4 aromatic rings. The molecule has 4 rings (SSSR count). The Morgan fingerprint density at radius 3 is 2.10 bits per heavy atom. The third-order valence-corrected chi connectivity index (χ3v) is 6.97. The molecule has 0 amide bonds. The Hall–Kier alpha value is -2.18. The minimum Gasteiger partial charge on any atom is -0.235 e. The molecule has 0 unspecified atom stereocenters. The van der Waals surface area contributed by atoms with Gasteiger partial charge in [-0.15, -0.1) is 0 Å². The number of benzene rings is 3. The fraction of sp³-hybridized carbons (Fsp3) is 0. The number of fused-ring (bicyclic) bond motifs is 1. The van der Waals surface area contributed by atoms with Gasteiger partial charge in [0.05, 0.1) is 10.4 Å². The molecule has 29 heavy (non-hydrogen) atoms. The van der Waals surface area contributed by atoms with Crippen LogP contribution in [0.3, 0.4) is 0 Å². The molecule has 0 atom stereocenters. The Kier molecular flexibility index (Phi) is 5.25. The molecule has 0 N–H and O–H groups in total. The standard InChI is InChI=1S/C21H11Cl3FNO2S/c22-13-9-14(23)11-16(10-13)29(27,28)20-19(12-5-7-15(25)8-6-12)17-3-1-2-4-18(17)26-21(20)24/h1-11H. The average Bonchev–Trinajstić information content (AvgIpc) is 2.66. The van der Waals surface area contributed by atoms with E-state index in [0.717, 1.165) is 0 Å². The predicted molar refractivity (Wildman–Crippen MR) is 114 cm³/mol. The van der Waals surface area contributed by atoms with Gasteiger partial charge in [-0.1, -0.05) is 65.1 Å². The van der Waals surface area contributed by atoms with E-state index in [1.165, 1.54) is 42.5 Å². The van der Waals surface area contributed by atoms with Gasteiger partial charge in [-0.2, -0.15) is 0 Å². The fourth-order valence-electron chi connectivity index (χ4n) is 3.11. The number of nitrogens with zero attached hydrogens (tertiary/aromatic N) is 1. The van der Waals surface area contributed by atoms with Crippen LogP contribution < -0.4 is 0 Å². The minimum absolute atomic E-state index is 0.114. The second-order valence-corrected chi connectivity index (χ2v) is 9.36. The lowest BCUT2D eigenvalue weighted by molar-refractivity contribution is 0.596.